The van der Waals surface area contributed by atoms with Crippen LogP contribution in [0.15, 0.2) is 97.6 Å². The molecule has 0 spiro atoms. The molecule has 0 fully saturated rings. The molecule has 1 amide bonds. The van der Waals surface area contributed by atoms with Crippen molar-refractivity contribution in [2.45, 2.75) is 0 Å². The number of hydrogen-bond acceptors (Lipinski definition) is 3. The van der Waals surface area contributed by atoms with Crippen LogP contribution in [-0.2, 0) is 4.79 Å². The van der Waals surface area contributed by atoms with E-state index < -0.39 is 0 Å². The van der Waals surface area contributed by atoms with Gasteiger partial charge in [0.15, 0.2) is 6.61 Å². The Bertz CT molecular complexity index is 1040. The molecule has 1 aromatic heterocycles. The van der Waals surface area contributed by atoms with Crippen LogP contribution in [0.4, 0.5) is 5.69 Å². The number of nitrogens with one attached hydrogen (secondary N) is 1. The number of benzene rings is 3. The van der Waals surface area contributed by atoms with E-state index >= 15 is 0 Å². The molecule has 0 radical (unpaired) electrons. The van der Waals surface area contributed by atoms with Crippen molar-refractivity contribution in [1.82, 2.24) is 9.55 Å². The molecule has 4 aromatic rings. The highest BCUT2D eigenvalue weighted by molar-refractivity contribution is 5.92. The number of imidazole rings is 1. The van der Waals surface area contributed by atoms with Crippen LogP contribution < -0.4 is 10.1 Å². The fraction of sp³-hybridized carbons (Fsp3) is 0.0435. The number of ether oxygens (including phenoxy) is 1. The van der Waals surface area contributed by atoms with E-state index in [4.69, 9.17) is 4.74 Å². The monoisotopic (exact) mass is 369 g/mol. The van der Waals surface area contributed by atoms with Gasteiger partial charge in [-0.2, -0.15) is 0 Å². The van der Waals surface area contributed by atoms with E-state index in [1.54, 1.807) is 12.5 Å². The molecule has 0 bridgehead atoms. The van der Waals surface area contributed by atoms with Gasteiger partial charge in [-0.15, -0.1) is 0 Å². The summed E-state index contributed by atoms with van der Waals surface area (Å²) in [6, 6.07) is 25.4. The highest BCUT2D eigenvalue weighted by atomic mass is 16.5. The highest BCUT2D eigenvalue weighted by Crippen LogP contribution is 2.21. The largest absolute Gasteiger partial charge is 0.484 e. The minimum atomic E-state index is -0.208. The molecule has 5 nitrogen and oxygen atoms in total. The fourth-order valence-electron chi connectivity index (χ4n) is 2.87. The van der Waals surface area contributed by atoms with E-state index in [-0.39, 0.29) is 12.5 Å². The van der Waals surface area contributed by atoms with Gasteiger partial charge < -0.3 is 14.6 Å². The summed E-state index contributed by atoms with van der Waals surface area (Å²) in [7, 11) is 0. The Labute approximate surface area is 163 Å². The Hall–Kier alpha value is -3.86. The lowest BCUT2D eigenvalue weighted by Crippen LogP contribution is -2.20. The maximum absolute atomic E-state index is 12.2. The van der Waals surface area contributed by atoms with E-state index in [2.05, 4.69) is 22.4 Å². The second kappa shape index (κ2) is 8.22. The molecule has 0 saturated carbocycles. The molecule has 1 heterocycles. The number of hydrogen-bond donors (Lipinski definition) is 1. The smallest absolute Gasteiger partial charge is 0.262 e. The van der Waals surface area contributed by atoms with Crippen LogP contribution in [0.25, 0.3) is 16.8 Å². The van der Waals surface area contributed by atoms with Crippen LogP contribution in [0.3, 0.4) is 0 Å². The van der Waals surface area contributed by atoms with Gasteiger partial charge in [-0.25, -0.2) is 4.98 Å². The molecule has 138 valence electrons. The quantitative estimate of drug-likeness (QED) is 0.542. The zero-order valence-electron chi connectivity index (χ0n) is 15.2. The molecular formula is C23H19N3O2. The maximum atomic E-state index is 12.2. The average Bonchev–Trinajstić information content (AvgIpc) is 3.29. The lowest BCUT2D eigenvalue weighted by molar-refractivity contribution is -0.118. The van der Waals surface area contributed by atoms with Crippen molar-refractivity contribution in [3.8, 4) is 22.6 Å². The van der Waals surface area contributed by atoms with Crippen LogP contribution in [0, 0.1) is 0 Å². The number of carbonyl (C=O) groups is 1. The van der Waals surface area contributed by atoms with Gasteiger partial charge in [0, 0.05) is 24.1 Å². The predicted molar refractivity (Wildman–Crippen MR) is 110 cm³/mol. The summed E-state index contributed by atoms with van der Waals surface area (Å²) in [5, 5.41) is 2.85. The van der Waals surface area contributed by atoms with Crippen molar-refractivity contribution < 1.29 is 9.53 Å². The molecule has 0 saturated heterocycles. The van der Waals surface area contributed by atoms with Crippen molar-refractivity contribution in [3.05, 3.63) is 97.6 Å². The zero-order valence-corrected chi connectivity index (χ0v) is 15.2. The first kappa shape index (κ1) is 17.5. The Kier molecular flexibility index (Phi) is 5.15. The summed E-state index contributed by atoms with van der Waals surface area (Å²) in [5.41, 5.74) is 3.90. The van der Waals surface area contributed by atoms with Crippen LogP contribution in [0.2, 0.25) is 0 Å². The number of rotatable bonds is 6. The fourth-order valence-corrected chi connectivity index (χ4v) is 2.87. The number of aromatic nitrogens is 2. The zero-order chi connectivity index (χ0) is 19.2. The summed E-state index contributed by atoms with van der Waals surface area (Å²) in [6.45, 7) is -0.0617. The molecule has 3 aromatic carbocycles. The molecule has 28 heavy (non-hydrogen) atoms. The molecular weight excluding hydrogens is 350 g/mol. The summed E-state index contributed by atoms with van der Waals surface area (Å²) in [6.07, 6.45) is 5.28. The van der Waals surface area contributed by atoms with Gasteiger partial charge in [0.1, 0.15) is 5.75 Å². The van der Waals surface area contributed by atoms with E-state index in [1.165, 1.54) is 0 Å². The van der Waals surface area contributed by atoms with Crippen molar-refractivity contribution in [2.75, 3.05) is 11.9 Å². The maximum Gasteiger partial charge on any atom is 0.262 e. The van der Waals surface area contributed by atoms with Gasteiger partial charge in [0.25, 0.3) is 5.91 Å². The molecule has 0 aliphatic heterocycles. The first-order valence-corrected chi connectivity index (χ1v) is 8.94. The molecule has 0 unspecified atom stereocenters. The Morgan fingerprint density at radius 1 is 0.929 bits per heavy atom. The molecule has 1 N–H and O–H groups in total. The first-order valence-electron chi connectivity index (χ1n) is 8.94. The van der Waals surface area contributed by atoms with E-state index in [9.17, 15) is 4.79 Å². The third kappa shape index (κ3) is 4.27. The number of nitrogens with zero attached hydrogens (tertiary/aromatic N) is 2. The van der Waals surface area contributed by atoms with E-state index in [1.807, 2.05) is 77.5 Å². The topological polar surface area (TPSA) is 56.2 Å². The lowest BCUT2D eigenvalue weighted by atomic mass is 10.1. The molecule has 0 aliphatic rings. The van der Waals surface area contributed by atoms with Gasteiger partial charge in [-0.1, -0.05) is 48.5 Å². The molecule has 0 aliphatic carbocycles. The lowest BCUT2D eigenvalue weighted by Gasteiger charge is -2.10. The standard InChI is InChI=1S/C23H19N3O2/c27-23(16-28-22-8-4-7-21(15-22)26-14-13-24-17-26)25-20-11-9-19(10-12-20)18-5-2-1-3-6-18/h1-15,17H,16H2,(H,25,27). The Balaban J connectivity index is 1.34. The summed E-state index contributed by atoms with van der Waals surface area (Å²) in [4.78, 5) is 16.2. The van der Waals surface area contributed by atoms with Crippen LogP contribution in [-0.4, -0.2) is 22.1 Å². The van der Waals surface area contributed by atoms with Gasteiger partial charge in [-0.05, 0) is 35.4 Å². The number of anilines is 1. The predicted octanol–water partition coefficient (Wildman–Crippen LogP) is 4.56. The number of amides is 1. The third-order valence-electron chi connectivity index (χ3n) is 4.27. The minimum absolute atomic E-state index is 0.0617. The van der Waals surface area contributed by atoms with Gasteiger partial charge in [0.05, 0.1) is 12.0 Å². The third-order valence-corrected chi connectivity index (χ3v) is 4.27. The average molecular weight is 369 g/mol. The highest BCUT2D eigenvalue weighted by Gasteiger charge is 2.05. The second-order valence-electron chi connectivity index (χ2n) is 6.25. The summed E-state index contributed by atoms with van der Waals surface area (Å²) in [5.74, 6) is 0.418. The van der Waals surface area contributed by atoms with Gasteiger partial charge in [0.2, 0.25) is 0 Å². The minimum Gasteiger partial charge on any atom is -0.484 e. The van der Waals surface area contributed by atoms with Gasteiger partial charge in [-0.3, -0.25) is 4.79 Å². The van der Waals surface area contributed by atoms with Crippen molar-refractivity contribution in [2.24, 2.45) is 0 Å². The number of carbonyl (C=O) groups excluding carboxylic acids is 1. The van der Waals surface area contributed by atoms with Crippen LogP contribution in [0.1, 0.15) is 0 Å². The Morgan fingerprint density at radius 2 is 1.71 bits per heavy atom. The molecule has 5 heteroatoms. The van der Waals surface area contributed by atoms with Crippen LogP contribution >= 0.6 is 0 Å². The molecule has 4 rings (SSSR count). The normalized spacial score (nSPS) is 10.4. The second-order valence-corrected chi connectivity index (χ2v) is 6.25. The molecule has 0 atom stereocenters. The summed E-state index contributed by atoms with van der Waals surface area (Å²) >= 11 is 0. The van der Waals surface area contributed by atoms with E-state index in [0.29, 0.717) is 5.75 Å². The first-order chi connectivity index (χ1) is 13.8. The van der Waals surface area contributed by atoms with Gasteiger partial charge >= 0.3 is 0 Å². The van der Waals surface area contributed by atoms with Crippen molar-refractivity contribution in [3.63, 3.8) is 0 Å². The summed E-state index contributed by atoms with van der Waals surface area (Å²) < 4.78 is 7.50. The van der Waals surface area contributed by atoms with Crippen molar-refractivity contribution >= 4 is 11.6 Å². The van der Waals surface area contributed by atoms with Crippen molar-refractivity contribution in [1.29, 1.82) is 0 Å². The SMILES string of the molecule is O=C(COc1cccc(-n2ccnc2)c1)Nc1ccc(-c2ccccc2)cc1. The Morgan fingerprint density at radius 3 is 2.46 bits per heavy atom. The van der Waals surface area contributed by atoms with E-state index in [0.717, 1.165) is 22.5 Å². The van der Waals surface area contributed by atoms with Crippen LogP contribution in [0.5, 0.6) is 5.75 Å².